The molecular formula is C10H8FNO4. The molecule has 0 N–H and O–H groups in total. The van der Waals surface area contributed by atoms with Crippen LogP contribution >= 0.6 is 0 Å². The van der Waals surface area contributed by atoms with Gasteiger partial charge in [0.15, 0.2) is 5.58 Å². The number of aromatic nitrogens is 1. The first-order valence-corrected chi connectivity index (χ1v) is 4.42. The highest BCUT2D eigenvalue weighted by molar-refractivity contribution is 6.01. The normalized spacial score (nSPS) is 10.7. The van der Waals surface area contributed by atoms with Gasteiger partial charge < -0.3 is 9.15 Å². The largest absolute Gasteiger partial charge is 0.465 e. The topological polar surface area (TPSA) is 61.4 Å². The molecule has 84 valence electrons. The third kappa shape index (κ3) is 1.39. The molecule has 0 radical (unpaired) electrons. The summed E-state index contributed by atoms with van der Waals surface area (Å²) < 4.78 is 23.7. The third-order valence-electron chi connectivity index (χ3n) is 2.26. The number of ether oxygens (including phenoxy) is 1. The predicted molar refractivity (Wildman–Crippen MR) is 52.8 cm³/mol. The number of methoxy groups -OCH3 is 1. The molecule has 0 unspecified atom stereocenters. The van der Waals surface area contributed by atoms with Gasteiger partial charge in [-0.25, -0.2) is 14.0 Å². The summed E-state index contributed by atoms with van der Waals surface area (Å²) in [5, 5.41) is 0. The summed E-state index contributed by atoms with van der Waals surface area (Å²) in [5.74, 6) is -2.05. The Hall–Kier alpha value is -2.11. The molecule has 0 bridgehead atoms. The van der Waals surface area contributed by atoms with Crippen LogP contribution in [0.15, 0.2) is 21.3 Å². The average molecular weight is 225 g/mol. The highest BCUT2D eigenvalue weighted by atomic mass is 19.1. The third-order valence-corrected chi connectivity index (χ3v) is 2.26. The van der Waals surface area contributed by atoms with E-state index in [0.717, 1.165) is 16.7 Å². The van der Waals surface area contributed by atoms with Gasteiger partial charge in [-0.05, 0) is 6.07 Å². The fourth-order valence-corrected chi connectivity index (χ4v) is 1.45. The first-order chi connectivity index (χ1) is 7.54. The van der Waals surface area contributed by atoms with Gasteiger partial charge in [0.05, 0.1) is 12.6 Å². The Kier molecular flexibility index (Phi) is 2.26. The fraction of sp³-hybridized carbons (Fsp3) is 0.200. The Bertz CT molecular complexity index is 626. The Morgan fingerprint density at radius 1 is 1.50 bits per heavy atom. The number of carbonyl (C=O) groups is 1. The molecule has 1 heterocycles. The van der Waals surface area contributed by atoms with E-state index in [0.29, 0.717) is 0 Å². The summed E-state index contributed by atoms with van der Waals surface area (Å²) in [4.78, 5) is 22.6. The number of aryl methyl sites for hydroxylation is 1. The zero-order valence-corrected chi connectivity index (χ0v) is 8.61. The van der Waals surface area contributed by atoms with E-state index in [1.807, 2.05) is 0 Å². The lowest BCUT2D eigenvalue weighted by Gasteiger charge is -2.00. The average Bonchev–Trinajstić information content (AvgIpc) is 2.54. The van der Waals surface area contributed by atoms with Crippen LogP contribution in [0.2, 0.25) is 0 Å². The maximum Gasteiger partial charge on any atom is 0.419 e. The van der Waals surface area contributed by atoms with Gasteiger partial charge in [0, 0.05) is 13.1 Å². The van der Waals surface area contributed by atoms with Crippen molar-refractivity contribution in [3.63, 3.8) is 0 Å². The molecule has 16 heavy (non-hydrogen) atoms. The van der Waals surface area contributed by atoms with Crippen LogP contribution in [0, 0.1) is 5.82 Å². The summed E-state index contributed by atoms with van der Waals surface area (Å²) in [7, 11) is 2.59. The van der Waals surface area contributed by atoms with E-state index in [9.17, 15) is 14.0 Å². The molecule has 1 aromatic heterocycles. The highest BCUT2D eigenvalue weighted by Crippen LogP contribution is 2.20. The van der Waals surface area contributed by atoms with Gasteiger partial charge in [0.2, 0.25) is 0 Å². The minimum atomic E-state index is -0.751. The van der Waals surface area contributed by atoms with Crippen LogP contribution in [0.3, 0.4) is 0 Å². The molecule has 5 nitrogen and oxygen atoms in total. The molecule has 0 amide bonds. The lowest BCUT2D eigenvalue weighted by Crippen LogP contribution is -2.08. The smallest absolute Gasteiger partial charge is 0.419 e. The standard InChI is InChI=1S/C10H8FNO4/c1-12-7-4-5(11)3-6(9(13)15-2)8(7)16-10(12)14/h3-4H,1-2H3. The minimum Gasteiger partial charge on any atom is -0.465 e. The van der Waals surface area contributed by atoms with Crippen molar-refractivity contribution in [3.8, 4) is 0 Å². The van der Waals surface area contributed by atoms with Crippen molar-refractivity contribution < 1.29 is 18.3 Å². The van der Waals surface area contributed by atoms with Crippen molar-refractivity contribution in [3.05, 3.63) is 34.1 Å². The summed E-state index contributed by atoms with van der Waals surface area (Å²) in [6.07, 6.45) is 0. The van der Waals surface area contributed by atoms with Crippen LogP contribution in [-0.4, -0.2) is 17.6 Å². The van der Waals surface area contributed by atoms with Crippen LogP contribution in [0.4, 0.5) is 4.39 Å². The second-order valence-electron chi connectivity index (χ2n) is 3.22. The maximum atomic E-state index is 13.2. The molecule has 0 atom stereocenters. The number of hydrogen-bond donors (Lipinski definition) is 0. The predicted octanol–water partition coefficient (Wildman–Crippen LogP) is 1.06. The fourth-order valence-electron chi connectivity index (χ4n) is 1.45. The minimum absolute atomic E-state index is 0.0285. The number of esters is 1. The molecule has 0 fully saturated rings. The van der Waals surface area contributed by atoms with E-state index in [2.05, 4.69) is 4.74 Å². The lowest BCUT2D eigenvalue weighted by molar-refractivity contribution is 0.0601. The van der Waals surface area contributed by atoms with Crippen molar-refractivity contribution in [2.24, 2.45) is 7.05 Å². The molecule has 0 aliphatic heterocycles. The summed E-state index contributed by atoms with van der Waals surface area (Å²) in [6, 6.07) is 2.09. The van der Waals surface area contributed by atoms with Gasteiger partial charge in [0.1, 0.15) is 11.4 Å². The molecular weight excluding hydrogens is 217 g/mol. The molecule has 0 saturated carbocycles. The van der Waals surface area contributed by atoms with Gasteiger partial charge in [-0.2, -0.15) is 0 Å². The van der Waals surface area contributed by atoms with Gasteiger partial charge in [-0.3, -0.25) is 4.57 Å². The Morgan fingerprint density at radius 3 is 2.81 bits per heavy atom. The zero-order chi connectivity index (χ0) is 11.9. The van der Waals surface area contributed by atoms with Crippen molar-refractivity contribution in [2.45, 2.75) is 0 Å². The van der Waals surface area contributed by atoms with Gasteiger partial charge >= 0.3 is 11.7 Å². The Morgan fingerprint density at radius 2 is 2.19 bits per heavy atom. The number of benzene rings is 1. The second-order valence-corrected chi connectivity index (χ2v) is 3.22. The molecule has 0 aliphatic rings. The number of fused-ring (bicyclic) bond motifs is 1. The van der Waals surface area contributed by atoms with Crippen LogP contribution < -0.4 is 5.76 Å². The molecule has 0 aliphatic carbocycles. The zero-order valence-electron chi connectivity index (χ0n) is 8.61. The molecule has 0 saturated heterocycles. The van der Waals surface area contributed by atoms with Gasteiger partial charge in [-0.1, -0.05) is 0 Å². The number of hydrogen-bond acceptors (Lipinski definition) is 4. The molecule has 2 aromatic rings. The van der Waals surface area contributed by atoms with Crippen molar-refractivity contribution in [2.75, 3.05) is 7.11 Å². The molecule has 6 heteroatoms. The number of rotatable bonds is 1. The van der Waals surface area contributed by atoms with Crippen molar-refractivity contribution in [1.29, 1.82) is 0 Å². The van der Waals surface area contributed by atoms with Crippen LogP contribution in [0.5, 0.6) is 0 Å². The number of halogens is 1. The van der Waals surface area contributed by atoms with E-state index in [1.54, 1.807) is 0 Å². The molecule has 0 spiro atoms. The lowest BCUT2D eigenvalue weighted by atomic mass is 10.2. The van der Waals surface area contributed by atoms with E-state index in [-0.39, 0.29) is 16.7 Å². The summed E-state index contributed by atoms with van der Waals surface area (Å²) >= 11 is 0. The van der Waals surface area contributed by atoms with Gasteiger partial charge in [-0.15, -0.1) is 0 Å². The first kappa shape index (κ1) is 10.4. The summed E-state index contributed by atoms with van der Waals surface area (Å²) in [5.41, 5.74) is 0.140. The number of oxazole rings is 1. The maximum absolute atomic E-state index is 13.2. The Labute approximate surface area is 89.0 Å². The SMILES string of the molecule is COC(=O)c1cc(F)cc2c1oc(=O)n2C. The van der Waals surface area contributed by atoms with E-state index >= 15 is 0 Å². The van der Waals surface area contributed by atoms with E-state index in [4.69, 9.17) is 4.42 Å². The second kappa shape index (κ2) is 3.48. The van der Waals surface area contributed by atoms with Crippen molar-refractivity contribution >= 4 is 17.1 Å². The van der Waals surface area contributed by atoms with Crippen LogP contribution in [0.1, 0.15) is 10.4 Å². The number of nitrogens with zero attached hydrogens (tertiary/aromatic N) is 1. The van der Waals surface area contributed by atoms with Crippen LogP contribution in [-0.2, 0) is 11.8 Å². The van der Waals surface area contributed by atoms with E-state index in [1.165, 1.54) is 14.2 Å². The van der Waals surface area contributed by atoms with E-state index < -0.39 is 17.5 Å². The monoisotopic (exact) mass is 225 g/mol. The number of carbonyl (C=O) groups excluding carboxylic acids is 1. The van der Waals surface area contributed by atoms with Crippen LogP contribution in [0.25, 0.3) is 11.1 Å². The summed E-state index contributed by atoms with van der Waals surface area (Å²) in [6.45, 7) is 0. The molecule has 1 aromatic carbocycles. The quantitative estimate of drug-likeness (QED) is 0.681. The van der Waals surface area contributed by atoms with Crippen molar-refractivity contribution in [1.82, 2.24) is 4.57 Å². The molecule has 2 rings (SSSR count). The Balaban J connectivity index is 2.88. The first-order valence-electron chi connectivity index (χ1n) is 4.42. The highest BCUT2D eigenvalue weighted by Gasteiger charge is 2.18. The van der Waals surface area contributed by atoms with Gasteiger partial charge in [0.25, 0.3) is 0 Å².